The molecule has 0 radical (unpaired) electrons. The minimum absolute atomic E-state index is 0.394. The van der Waals surface area contributed by atoms with Crippen LogP contribution in [0.25, 0.3) is 10.8 Å². The zero-order chi connectivity index (χ0) is 18.5. The monoisotopic (exact) mass is 371 g/mol. The van der Waals surface area contributed by atoms with Crippen LogP contribution in [0.4, 0.5) is 0 Å². The molecule has 3 aromatic rings. The highest BCUT2D eigenvalue weighted by atomic mass is 32.1. The SMILES string of the molecule is Cc1oc(-c2cccs2)nc1CCOc1ccc(CC(C)C(=O)O)cc1. The van der Waals surface area contributed by atoms with Gasteiger partial charge in [0.2, 0.25) is 5.89 Å². The van der Waals surface area contributed by atoms with Crippen LogP contribution in [-0.4, -0.2) is 22.7 Å². The zero-order valence-corrected chi connectivity index (χ0v) is 15.6. The number of thiophene rings is 1. The summed E-state index contributed by atoms with van der Waals surface area (Å²) in [6.45, 7) is 4.12. The third kappa shape index (κ3) is 4.52. The van der Waals surface area contributed by atoms with Gasteiger partial charge in [-0.05, 0) is 42.5 Å². The maximum atomic E-state index is 10.9. The summed E-state index contributed by atoms with van der Waals surface area (Å²) in [6, 6.07) is 11.5. The molecular weight excluding hydrogens is 350 g/mol. The van der Waals surface area contributed by atoms with Gasteiger partial charge in [-0.15, -0.1) is 11.3 Å². The van der Waals surface area contributed by atoms with Crippen molar-refractivity contribution in [2.45, 2.75) is 26.7 Å². The largest absolute Gasteiger partial charge is 0.493 e. The summed E-state index contributed by atoms with van der Waals surface area (Å²) < 4.78 is 11.5. The molecule has 1 N–H and O–H groups in total. The van der Waals surface area contributed by atoms with Gasteiger partial charge < -0.3 is 14.3 Å². The highest BCUT2D eigenvalue weighted by Gasteiger charge is 2.13. The predicted octanol–water partition coefficient (Wildman–Crippen LogP) is 4.60. The zero-order valence-electron chi connectivity index (χ0n) is 14.8. The molecule has 0 fully saturated rings. The van der Waals surface area contributed by atoms with Crippen molar-refractivity contribution in [3.05, 3.63) is 58.8 Å². The van der Waals surface area contributed by atoms with E-state index in [4.69, 9.17) is 14.3 Å². The van der Waals surface area contributed by atoms with Crippen molar-refractivity contribution in [3.63, 3.8) is 0 Å². The first kappa shape index (κ1) is 18.2. The normalized spacial score (nSPS) is 12.1. The molecule has 0 amide bonds. The molecule has 6 heteroatoms. The van der Waals surface area contributed by atoms with Crippen molar-refractivity contribution >= 4 is 17.3 Å². The second-order valence-corrected chi connectivity index (χ2v) is 7.13. The number of rotatable bonds is 8. The second kappa shape index (κ2) is 8.19. The quantitative estimate of drug-likeness (QED) is 0.627. The Morgan fingerprint density at radius 3 is 2.73 bits per heavy atom. The molecule has 0 aliphatic carbocycles. The van der Waals surface area contributed by atoms with Crippen molar-refractivity contribution in [3.8, 4) is 16.5 Å². The van der Waals surface area contributed by atoms with E-state index in [0.29, 0.717) is 25.3 Å². The molecule has 3 rings (SSSR count). The molecule has 0 aliphatic rings. The van der Waals surface area contributed by atoms with Crippen LogP contribution in [0.1, 0.15) is 23.9 Å². The van der Waals surface area contributed by atoms with Crippen LogP contribution < -0.4 is 4.74 Å². The molecule has 0 aliphatic heterocycles. The molecule has 2 aromatic heterocycles. The average Bonchev–Trinajstić information content (AvgIpc) is 3.26. The average molecular weight is 371 g/mol. The summed E-state index contributed by atoms with van der Waals surface area (Å²) in [7, 11) is 0. The number of aryl methyl sites for hydroxylation is 1. The Morgan fingerprint density at radius 1 is 1.31 bits per heavy atom. The highest BCUT2D eigenvalue weighted by Crippen LogP contribution is 2.26. The Balaban J connectivity index is 1.53. The van der Waals surface area contributed by atoms with Crippen LogP contribution in [0.5, 0.6) is 5.75 Å². The standard InChI is InChI=1S/C20H21NO4S/c1-13(20(22)23)12-15-5-7-16(8-6-15)24-10-9-17-14(2)25-19(21-17)18-4-3-11-26-18/h3-8,11,13H,9-10,12H2,1-2H3,(H,22,23). The van der Waals surface area contributed by atoms with E-state index in [1.807, 2.05) is 48.7 Å². The van der Waals surface area contributed by atoms with Crippen LogP contribution in [-0.2, 0) is 17.6 Å². The third-order valence-electron chi connectivity index (χ3n) is 4.12. The van der Waals surface area contributed by atoms with Crippen LogP contribution in [0, 0.1) is 12.8 Å². The Hall–Kier alpha value is -2.60. The lowest BCUT2D eigenvalue weighted by atomic mass is 10.0. The van der Waals surface area contributed by atoms with Gasteiger partial charge in [-0.1, -0.05) is 25.1 Å². The number of carbonyl (C=O) groups is 1. The van der Waals surface area contributed by atoms with Gasteiger partial charge in [0.1, 0.15) is 11.5 Å². The maximum Gasteiger partial charge on any atom is 0.306 e. The molecule has 2 heterocycles. The number of hydrogen-bond acceptors (Lipinski definition) is 5. The maximum absolute atomic E-state index is 10.9. The molecular formula is C20H21NO4S. The van der Waals surface area contributed by atoms with E-state index >= 15 is 0 Å². The van der Waals surface area contributed by atoms with Crippen LogP contribution in [0.15, 0.2) is 46.2 Å². The van der Waals surface area contributed by atoms with Gasteiger partial charge in [-0.2, -0.15) is 0 Å². The fraction of sp³-hybridized carbons (Fsp3) is 0.300. The molecule has 1 unspecified atom stereocenters. The van der Waals surface area contributed by atoms with Crippen molar-refractivity contribution in [1.82, 2.24) is 4.98 Å². The summed E-state index contributed by atoms with van der Waals surface area (Å²) in [6.07, 6.45) is 1.18. The van der Waals surface area contributed by atoms with E-state index in [1.165, 1.54) is 0 Å². The molecule has 0 bridgehead atoms. The molecule has 1 atom stereocenters. The highest BCUT2D eigenvalue weighted by molar-refractivity contribution is 7.13. The molecule has 26 heavy (non-hydrogen) atoms. The number of benzene rings is 1. The van der Waals surface area contributed by atoms with Gasteiger partial charge in [0.25, 0.3) is 0 Å². The van der Waals surface area contributed by atoms with Crippen molar-refractivity contribution in [2.24, 2.45) is 5.92 Å². The fourth-order valence-electron chi connectivity index (χ4n) is 2.59. The smallest absolute Gasteiger partial charge is 0.306 e. The van der Waals surface area contributed by atoms with E-state index in [9.17, 15) is 4.79 Å². The Labute approximate surface area is 156 Å². The van der Waals surface area contributed by atoms with Gasteiger partial charge in [0, 0.05) is 6.42 Å². The Kier molecular flexibility index (Phi) is 5.73. The van der Waals surface area contributed by atoms with Gasteiger partial charge >= 0.3 is 5.97 Å². The van der Waals surface area contributed by atoms with Gasteiger partial charge in [0.05, 0.1) is 23.1 Å². The summed E-state index contributed by atoms with van der Waals surface area (Å²) in [5, 5.41) is 11.0. The van der Waals surface area contributed by atoms with Crippen molar-refractivity contribution in [1.29, 1.82) is 0 Å². The van der Waals surface area contributed by atoms with Crippen LogP contribution in [0.2, 0.25) is 0 Å². The number of aromatic nitrogens is 1. The predicted molar refractivity (Wildman–Crippen MR) is 101 cm³/mol. The number of nitrogens with zero attached hydrogens (tertiary/aromatic N) is 1. The molecule has 0 spiro atoms. The molecule has 136 valence electrons. The van der Waals surface area contributed by atoms with Crippen LogP contribution >= 0.6 is 11.3 Å². The van der Waals surface area contributed by atoms with E-state index in [2.05, 4.69) is 4.98 Å². The van der Waals surface area contributed by atoms with Crippen molar-refractivity contribution in [2.75, 3.05) is 6.61 Å². The van der Waals surface area contributed by atoms with E-state index < -0.39 is 11.9 Å². The third-order valence-corrected chi connectivity index (χ3v) is 4.98. The summed E-state index contributed by atoms with van der Waals surface area (Å²) in [5.74, 6) is 1.06. The Morgan fingerprint density at radius 2 is 2.08 bits per heavy atom. The lowest BCUT2D eigenvalue weighted by molar-refractivity contribution is -0.141. The minimum atomic E-state index is -0.782. The first-order valence-corrected chi connectivity index (χ1v) is 9.35. The number of aliphatic carboxylic acids is 1. The van der Waals surface area contributed by atoms with E-state index in [-0.39, 0.29) is 0 Å². The molecule has 0 saturated carbocycles. The molecule has 0 saturated heterocycles. The van der Waals surface area contributed by atoms with Gasteiger partial charge in [-0.3, -0.25) is 4.79 Å². The van der Waals surface area contributed by atoms with E-state index in [1.54, 1.807) is 18.3 Å². The topological polar surface area (TPSA) is 72.6 Å². The summed E-state index contributed by atoms with van der Waals surface area (Å²) in [4.78, 5) is 16.5. The number of oxazole rings is 1. The van der Waals surface area contributed by atoms with Crippen LogP contribution in [0.3, 0.4) is 0 Å². The number of ether oxygens (including phenoxy) is 1. The Bertz CT molecular complexity index is 853. The molecule has 1 aromatic carbocycles. The summed E-state index contributed by atoms with van der Waals surface area (Å²) in [5.41, 5.74) is 1.89. The number of carboxylic acid groups (broad SMARTS) is 1. The van der Waals surface area contributed by atoms with Crippen molar-refractivity contribution < 1.29 is 19.1 Å². The first-order chi connectivity index (χ1) is 12.5. The minimum Gasteiger partial charge on any atom is -0.493 e. The van der Waals surface area contributed by atoms with Gasteiger partial charge in [0.15, 0.2) is 0 Å². The lowest BCUT2D eigenvalue weighted by Gasteiger charge is -2.08. The first-order valence-electron chi connectivity index (χ1n) is 8.47. The number of hydrogen-bond donors (Lipinski definition) is 1. The molecule has 5 nitrogen and oxygen atoms in total. The number of carboxylic acids is 1. The van der Waals surface area contributed by atoms with E-state index in [0.717, 1.165) is 27.6 Å². The fourth-order valence-corrected chi connectivity index (χ4v) is 3.24. The van der Waals surface area contributed by atoms with Gasteiger partial charge in [-0.25, -0.2) is 4.98 Å². The summed E-state index contributed by atoms with van der Waals surface area (Å²) >= 11 is 1.60. The lowest BCUT2D eigenvalue weighted by Crippen LogP contribution is -2.12. The second-order valence-electron chi connectivity index (χ2n) is 6.19.